The molecule has 0 spiro atoms. The van der Waals surface area contributed by atoms with E-state index >= 15 is 0 Å². The number of carboxylic acid groups (broad SMARTS) is 1. The Bertz CT molecular complexity index is 720. The minimum Gasteiger partial charge on any atom is -0.497 e. The second-order valence-electron chi connectivity index (χ2n) is 5.23. The van der Waals surface area contributed by atoms with Crippen LogP contribution in [0.5, 0.6) is 11.5 Å². The number of hydrogen-bond donors (Lipinski definition) is 3. The third-order valence-corrected chi connectivity index (χ3v) is 4.93. The topological polar surface area (TPSA) is 102 Å². The number of thioether (sulfide) groups is 1. The summed E-state index contributed by atoms with van der Waals surface area (Å²) in [4.78, 5) is 12.0. The van der Waals surface area contributed by atoms with E-state index in [1.165, 1.54) is 11.8 Å². The summed E-state index contributed by atoms with van der Waals surface area (Å²) in [5.41, 5.74) is 7.15. The van der Waals surface area contributed by atoms with Crippen LogP contribution in [0.2, 0.25) is 0 Å². The zero-order valence-corrected chi connectivity index (χ0v) is 14.8. The van der Waals surface area contributed by atoms with E-state index in [0.29, 0.717) is 34.3 Å². The molecule has 0 aliphatic rings. The monoisotopic (exact) mass is 363 g/mol. The number of aliphatic hydroxyl groups is 1. The Hall–Kier alpha value is -2.38. The molecule has 2 atom stereocenters. The van der Waals surface area contributed by atoms with Gasteiger partial charge in [0, 0.05) is 10.6 Å². The normalized spacial score (nSPS) is 13.1. The predicted molar refractivity (Wildman–Crippen MR) is 97.3 cm³/mol. The molecule has 2 rings (SSSR count). The number of benzene rings is 2. The molecule has 0 bridgehead atoms. The number of nitrogens with two attached hydrogens (primary N) is 1. The highest BCUT2D eigenvalue weighted by Gasteiger charge is 2.29. The molecule has 0 heterocycles. The minimum atomic E-state index is -1.59. The fraction of sp³-hybridized carbons (Fsp3) is 0.278. The molecule has 0 radical (unpaired) electrons. The maximum atomic E-state index is 11.3. The summed E-state index contributed by atoms with van der Waals surface area (Å²) in [6.45, 7) is 2.38. The van der Waals surface area contributed by atoms with Crippen molar-refractivity contribution >= 4 is 23.4 Å². The molecular formula is C18H21NO5S. The Morgan fingerprint density at radius 2 is 1.84 bits per heavy atom. The van der Waals surface area contributed by atoms with Gasteiger partial charge in [-0.15, -0.1) is 11.8 Å². The third kappa shape index (κ3) is 4.80. The highest BCUT2D eigenvalue weighted by Crippen LogP contribution is 2.42. The van der Waals surface area contributed by atoms with Crippen molar-refractivity contribution in [2.75, 3.05) is 19.5 Å². The molecule has 0 saturated carbocycles. The molecule has 4 N–H and O–H groups in total. The predicted octanol–water partition coefficient (Wildman–Crippen LogP) is 2.96. The van der Waals surface area contributed by atoms with Crippen LogP contribution in [-0.2, 0) is 4.79 Å². The van der Waals surface area contributed by atoms with Crippen LogP contribution in [-0.4, -0.2) is 36.0 Å². The first-order chi connectivity index (χ1) is 12.0. The number of ether oxygens (including phenoxy) is 2. The van der Waals surface area contributed by atoms with Crippen LogP contribution in [0, 0.1) is 0 Å². The van der Waals surface area contributed by atoms with Gasteiger partial charge >= 0.3 is 5.97 Å². The Kier molecular flexibility index (Phi) is 6.55. The Morgan fingerprint density at radius 1 is 1.20 bits per heavy atom. The van der Waals surface area contributed by atoms with Gasteiger partial charge in [-0.05, 0) is 42.8 Å². The van der Waals surface area contributed by atoms with Crippen LogP contribution in [0.4, 0.5) is 5.69 Å². The summed E-state index contributed by atoms with van der Waals surface area (Å²) in [5.74, 6) is -0.0134. The number of methoxy groups -OCH3 is 1. The quantitative estimate of drug-likeness (QED) is 0.489. The lowest BCUT2D eigenvalue weighted by Gasteiger charge is -2.21. The highest BCUT2D eigenvalue weighted by molar-refractivity contribution is 7.99. The molecule has 134 valence electrons. The van der Waals surface area contributed by atoms with Crippen LogP contribution in [0.1, 0.15) is 17.7 Å². The fourth-order valence-corrected chi connectivity index (χ4v) is 3.45. The molecule has 2 aromatic carbocycles. The van der Waals surface area contributed by atoms with E-state index in [4.69, 9.17) is 15.2 Å². The lowest BCUT2D eigenvalue weighted by molar-refractivity contribution is -0.146. The smallest absolute Gasteiger partial charge is 0.334 e. The summed E-state index contributed by atoms with van der Waals surface area (Å²) < 4.78 is 10.6. The molecule has 0 aliphatic carbocycles. The Morgan fingerprint density at radius 3 is 2.40 bits per heavy atom. The van der Waals surface area contributed by atoms with Crippen molar-refractivity contribution in [1.82, 2.24) is 0 Å². The summed E-state index contributed by atoms with van der Waals surface area (Å²) in [7, 11) is 1.55. The average Bonchev–Trinajstić information content (AvgIpc) is 2.62. The Labute approximate surface area is 150 Å². The van der Waals surface area contributed by atoms with Crippen molar-refractivity contribution in [3.63, 3.8) is 0 Å². The molecule has 2 aromatic rings. The van der Waals surface area contributed by atoms with Crippen molar-refractivity contribution in [2.45, 2.75) is 23.2 Å². The summed E-state index contributed by atoms with van der Waals surface area (Å²) in [6, 6.07) is 12.1. The van der Waals surface area contributed by atoms with Gasteiger partial charge in [0.2, 0.25) is 0 Å². The Balaban J connectivity index is 2.36. The number of hydrogen-bond acceptors (Lipinski definition) is 6. The number of aliphatic carboxylic acids is 1. The molecule has 7 heteroatoms. The maximum Gasteiger partial charge on any atom is 0.334 e. The molecule has 0 unspecified atom stereocenters. The summed E-state index contributed by atoms with van der Waals surface area (Å²) in [5, 5.41) is 18.7. The number of carboxylic acids is 1. The molecule has 0 fully saturated rings. The van der Waals surface area contributed by atoms with Gasteiger partial charge in [0.25, 0.3) is 0 Å². The lowest BCUT2D eigenvalue weighted by Crippen LogP contribution is -2.26. The van der Waals surface area contributed by atoms with Crippen molar-refractivity contribution in [2.24, 2.45) is 0 Å². The van der Waals surface area contributed by atoms with Gasteiger partial charge in [0.15, 0.2) is 6.10 Å². The van der Waals surface area contributed by atoms with E-state index in [0.717, 1.165) is 0 Å². The first-order valence-corrected chi connectivity index (χ1v) is 8.58. The third-order valence-electron chi connectivity index (χ3n) is 3.53. The van der Waals surface area contributed by atoms with E-state index in [1.807, 2.05) is 6.92 Å². The minimum absolute atomic E-state index is 0.490. The van der Waals surface area contributed by atoms with E-state index in [9.17, 15) is 15.0 Å². The molecule has 0 amide bonds. The van der Waals surface area contributed by atoms with Gasteiger partial charge in [-0.1, -0.05) is 12.1 Å². The molecule has 6 nitrogen and oxygen atoms in total. The maximum absolute atomic E-state index is 11.3. The largest absolute Gasteiger partial charge is 0.497 e. The van der Waals surface area contributed by atoms with Crippen molar-refractivity contribution < 1.29 is 24.5 Å². The van der Waals surface area contributed by atoms with Crippen molar-refractivity contribution in [1.29, 1.82) is 0 Å². The van der Waals surface area contributed by atoms with Crippen LogP contribution in [0.3, 0.4) is 0 Å². The number of rotatable bonds is 8. The number of aliphatic hydroxyl groups excluding tert-OH is 1. The molecular weight excluding hydrogens is 342 g/mol. The second-order valence-corrected chi connectivity index (χ2v) is 6.41. The van der Waals surface area contributed by atoms with E-state index in [-0.39, 0.29) is 0 Å². The van der Waals surface area contributed by atoms with Gasteiger partial charge in [-0.2, -0.15) is 0 Å². The van der Waals surface area contributed by atoms with Gasteiger partial charge in [0.1, 0.15) is 11.5 Å². The standard InChI is InChI=1S/C18H21NO5S/c1-3-24-13-8-9-14(19)15(10-13)25-17(16(20)18(21)22)11-4-6-12(23-2)7-5-11/h4-10,16-17,20H,3,19H2,1-2H3,(H,21,22)/t16-,17+/m1/s1. The number of nitrogen functional groups attached to an aromatic ring is 1. The van der Waals surface area contributed by atoms with Gasteiger partial charge in [-0.3, -0.25) is 0 Å². The average molecular weight is 363 g/mol. The van der Waals surface area contributed by atoms with Crippen LogP contribution in [0.15, 0.2) is 47.4 Å². The van der Waals surface area contributed by atoms with Crippen LogP contribution in [0.25, 0.3) is 0 Å². The fourth-order valence-electron chi connectivity index (χ4n) is 2.25. The number of anilines is 1. The van der Waals surface area contributed by atoms with Crippen molar-refractivity contribution in [3.8, 4) is 11.5 Å². The van der Waals surface area contributed by atoms with E-state index < -0.39 is 17.3 Å². The van der Waals surface area contributed by atoms with Gasteiger partial charge in [-0.25, -0.2) is 4.79 Å². The zero-order valence-electron chi connectivity index (χ0n) is 14.0. The lowest BCUT2D eigenvalue weighted by atomic mass is 10.1. The van der Waals surface area contributed by atoms with Crippen molar-refractivity contribution in [3.05, 3.63) is 48.0 Å². The summed E-state index contributed by atoms with van der Waals surface area (Å²) >= 11 is 1.18. The zero-order chi connectivity index (χ0) is 18.4. The first kappa shape index (κ1) is 19.0. The van der Waals surface area contributed by atoms with Gasteiger partial charge in [0.05, 0.1) is 19.0 Å². The molecule has 0 aliphatic heterocycles. The van der Waals surface area contributed by atoms with Crippen LogP contribution < -0.4 is 15.2 Å². The second kappa shape index (κ2) is 8.64. The first-order valence-electron chi connectivity index (χ1n) is 7.70. The molecule has 0 aromatic heterocycles. The molecule has 25 heavy (non-hydrogen) atoms. The van der Waals surface area contributed by atoms with Gasteiger partial charge < -0.3 is 25.4 Å². The van der Waals surface area contributed by atoms with E-state index in [2.05, 4.69) is 0 Å². The SMILES string of the molecule is CCOc1ccc(N)c(S[C@@H](c2ccc(OC)cc2)[C@@H](O)C(=O)O)c1. The van der Waals surface area contributed by atoms with E-state index in [1.54, 1.807) is 49.6 Å². The molecule has 0 saturated heterocycles. The summed E-state index contributed by atoms with van der Waals surface area (Å²) in [6.07, 6.45) is -1.59. The van der Waals surface area contributed by atoms with Crippen LogP contribution >= 0.6 is 11.8 Å². The number of carbonyl (C=O) groups is 1. The highest BCUT2D eigenvalue weighted by atomic mass is 32.2.